The zero-order valence-corrected chi connectivity index (χ0v) is 9.09. The number of rotatable bonds is 2. The van der Waals surface area contributed by atoms with Crippen LogP contribution in [0, 0.1) is 12.7 Å². The molecular formula is C12H14FNO2. The molecule has 0 spiro atoms. The molecule has 4 heteroatoms. The van der Waals surface area contributed by atoms with Gasteiger partial charge in [0.15, 0.2) is 0 Å². The lowest BCUT2D eigenvalue weighted by Crippen LogP contribution is -2.48. The molecule has 2 N–H and O–H groups in total. The van der Waals surface area contributed by atoms with Gasteiger partial charge in [0.05, 0.1) is 5.69 Å². The molecule has 1 aliphatic carbocycles. The van der Waals surface area contributed by atoms with Crippen molar-refractivity contribution in [2.45, 2.75) is 31.8 Å². The number of aliphatic hydroxyl groups is 1. The summed E-state index contributed by atoms with van der Waals surface area (Å²) in [6.45, 7) is 1.81. The number of amides is 1. The van der Waals surface area contributed by atoms with Crippen LogP contribution in [0.1, 0.15) is 24.8 Å². The minimum absolute atomic E-state index is 0.130. The van der Waals surface area contributed by atoms with E-state index in [4.69, 9.17) is 0 Å². The molecule has 0 bridgehead atoms. The van der Waals surface area contributed by atoms with Gasteiger partial charge in [-0.15, -0.1) is 0 Å². The van der Waals surface area contributed by atoms with Gasteiger partial charge in [0.1, 0.15) is 11.4 Å². The number of benzene rings is 1. The predicted octanol–water partition coefficient (Wildman–Crippen LogP) is 1.99. The third-order valence-electron chi connectivity index (χ3n) is 2.97. The van der Waals surface area contributed by atoms with Crippen LogP contribution in [0.25, 0.3) is 0 Å². The first-order chi connectivity index (χ1) is 7.51. The molecule has 1 saturated carbocycles. The summed E-state index contributed by atoms with van der Waals surface area (Å²) in [5, 5.41) is 12.2. The average molecular weight is 223 g/mol. The summed E-state index contributed by atoms with van der Waals surface area (Å²) in [6, 6.07) is 4.48. The van der Waals surface area contributed by atoms with Crippen molar-refractivity contribution in [3.8, 4) is 0 Å². The third-order valence-corrected chi connectivity index (χ3v) is 2.97. The summed E-state index contributed by atoms with van der Waals surface area (Å²) in [5.41, 5.74) is -0.307. The second-order valence-corrected chi connectivity index (χ2v) is 4.32. The van der Waals surface area contributed by atoms with Gasteiger partial charge < -0.3 is 10.4 Å². The first kappa shape index (κ1) is 11.1. The van der Waals surface area contributed by atoms with Crippen LogP contribution < -0.4 is 5.32 Å². The van der Waals surface area contributed by atoms with Gasteiger partial charge in [-0.25, -0.2) is 4.39 Å². The van der Waals surface area contributed by atoms with Crippen LogP contribution >= 0.6 is 0 Å². The fourth-order valence-electron chi connectivity index (χ4n) is 1.71. The Morgan fingerprint density at radius 2 is 2.19 bits per heavy atom. The van der Waals surface area contributed by atoms with Crippen molar-refractivity contribution in [1.29, 1.82) is 0 Å². The van der Waals surface area contributed by atoms with Crippen LogP contribution in [0.15, 0.2) is 18.2 Å². The molecule has 1 amide bonds. The lowest BCUT2D eigenvalue weighted by molar-refractivity contribution is -0.142. The molecule has 0 aromatic heterocycles. The normalized spacial score (nSPS) is 17.7. The minimum atomic E-state index is -1.30. The molecule has 16 heavy (non-hydrogen) atoms. The van der Waals surface area contributed by atoms with Crippen molar-refractivity contribution in [2.24, 2.45) is 0 Å². The van der Waals surface area contributed by atoms with Gasteiger partial charge in [-0.3, -0.25) is 4.79 Å². The Kier molecular flexibility index (Phi) is 2.68. The van der Waals surface area contributed by atoms with Crippen LogP contribution in [-0.2, 0) is 4.79 Å². The molecule has 1 aromatic carbocycles. The number of hydrogen-bond donors (Lipinski definition) is 2. The summed E-state index contributed by atoms with van der Waals surface area (Å²) < 4.78 is 13.3. The van der Waals surface area contributed by atoms with Crippen molar-refractivity contribution in [1.82, 2.24) is 0 Å². The number of hydrogen-bond acceptors (Lipinski definition) is 2. The molecule has 0 heterocycles. The SMILES string of the molecule is Cc1ccc(F)c(NC(=O)C2(O)CCC2)c1. The molecule has 86 valence electrons. The molecule has 0 unspecified atom stereocenters. The van der Waals surface area contributed by atoms with E-state index in [0.717, 1.165) is 12.0 Å². The maximum atomic E-state index is 13.3. The quantitative estimate of drug-likeness (QED) is 0.805. The zero-order chi connectivity index (χ0) is 11.8. The molecule has 0 saturated heterocycles. The van der Waals surface area contributed by atoms with Gasteiger partial charge in [0.25, 0.3) is 5.91 Å². The Labute approximate surface area is 93.3 Å². The second-order valence-electron chi connectivity index (χ2n) is 4.32. The van der Waals surface area contributed by atoms with E-state index in [1.54, 1.807) is 12.1 Å². The first-order valence-electron chi connectivity index (χ1n) is 5.31. The Balaban J connectivity index is 2.14. The smallest absolute Gasteiger partial charge is 0.256 e. The van der Waals surface area contributed by atoms with Gasteiger partial charge in [-0.1, -0.05) is 6.07 Å². The van der Waals surface area contributed by atoms with Gasteiger partial charge in [0, 0.05) is 0 Å². The highest BCUT2D eigenvalue weighted by Crippen LogP contribution is 2.33. The molecule has 3 nitrogen and oxygen atoms in total. The highest BCUT2D eigenvalue weighted by atomic mass is 19.1. The van der Waals surface area contributed by atoms with E-state index in [1.165, 1.54) is 6.07 Å². The van der Waals surface area contributed by atoms with Crippen LogP contribution in [0.2, 0.25) is 0 Å². The van der Waals surface area contributed by atoms with Gasteiger partial charge >= 0.3 is 0 Å². The number of nitrogens with one attached hydrogen (secondary N) is 1. The number of carbonyl (C=O) groups excluding carboxylic acids is 1. The van der Waals surface area contributed by atoms with Crippen molar-refractivity contribution in [3.63, 3.8) is 0 Å². The summed E-state index contributed by atoms with van der Waals surface area (Å²) in [4.78, 5) is 11.7. The molecular weight excluding hydrogens is 209 g/mol. The Bertz CT molecular complexity index is 427. The Hall–Kier alpha value is -1.42. The summed E-state index contributed by atoms with van der Waals surface area (Å²) >= 11 is 0. The average Bonchev–Trinajstić information content (AvgIpc) is 2.20. The van der Waals surface area contributed by atoms with Crippen molar-refractivity contribution >= 4 is 11.6 Å². The number of halogens is 1. The van der Waals surface area contributed by atoms with Crippen molar-refractivity contribution in [3.05, 3.63) is 29.6 Å². The molecule has 1 fully saturated rings. The van der Waals surface area contributed by atoms with Crippen LogP contribution in [0.3, 0.4) is 0 Å². The van der Waals surface area contributed by atoms with E-state index in [9.17, 15) is 14.3 Å². The molecule has 2 rings (SSSR count). The summed E-state index contributed by atoms with van der Waals surface area (Å²) in [6.07, 6.45) is 1.73. The highest BCUT2D eigenvalue weighted by molar-refractivity contribution is 5.97. The van der Waals surface area contributed by atoms with E-state index in [-0.39, 0.29) is 5.69 Å². The van der Waals surface area contributed by atoms with E-state index >= 15 is 0 Å². The standard InChI is InChI=1S/C12H14FNO2/c1-8-3-4-9(13)10(7-8)14-11(15)12(16)5-2-6-12/h3-4,7,16H,2,5-6H2,1H3,(H,14,15). The topological polar surface area (TPSA) is 49.3 Å². The Morgan fingerprint density at radius 1 is 1.50 bits per heavy atom. The minimum Gasteiger partial charge on any atom is -0.380 e. The fraction of sp³-hybridized carbons (Fsp3) is 0.417. The Morgan fingerprint density at radius 3 is 2.75 bits per heavy atom. The summed E-state index contributed by atoms with van der Waals surface area (Å²) in [5.74, 6) is -0.995. The number of anilines is 1. The van der Waals surface area contributed by atoms with Crippen molar-refractivity contribution in [2.75, 3.05) is 5.32 Å². The van der Waals surface area contributed by atoms with Crippen LogP contribution in [0.5, 0.6) is 0 Å². The lowest BCUT2D eigenvalue weighted by Gasteiger charge is -2.34. The molecule has 1 aliphatic rings. The van der Waals surface area contributed by atoms with Crippen LogP contribution in [-0.4, -0.2) is 16.6 Å². The third kappa shape index (κ3) is 1.93. The zero-order valence-electron chi connectivity index (χ0n) is 9.09. The predicted molar refractivity (Wildman–Crippen MR) is 58.6 cm³/mol. The van der Waals surface area contributed by atoms with Crippen molar-refractivity contribution < 1.29 is 14.3 Å². The van der Waals surface area contributed by atoms with E-state index in [0.29, 0.717) is 12.8 Å². The maximum Gasteiger partial charge on any atom is 0.256 e. The molecule has 1 aromatic rings. The summed E-state index contributed by atoms with van der Waals surface area (Å²) in [7, 11) is 0. The number of carbonyl (C=O) groups is 1. The molecule has 0 aliphatic heterocycles. The monoisotopic (exact) mass is 223 g/mol. The van der Waals surface area contributed by atoms with Gasteiger partial charge in [-0.2, -0.15) is 0 Å². The van der Waals surface area contributed by atoms with E-state index in [2.05, 4.69) is 5.32 Å². The maximum absolute atomic E-state index is 13.3. The van der Waals surface area contributed by atoms with Gasteiger partial charge in [-0.05, 0) is 43.9 Å². The first-order valence-corrected chi connectivity index (χ1v) is 5.31. The van der Waals surface area contributed by atoms with E-state index < -0.39 is 17.3 Å². The molecule has 0 radical (unpaired) electrons. The largest absolute Gasteiger partial charge is 0.380 e. The second kappa shape index (κ2) is 3.87. The number of aryl methyl sites for hydroxylation is 1. The lowest BCUT2D eigenvalue weighted by atomic mass is 9.79. The van der Waals surface area contributed by atoms with Crippen LogP contribution in [0.4, 0.5) is 10.1 Å². The molecule has 0 atom stereocenters. The highest BCUT2D eigenvalue weighted by Gasteiger charge is 2.42. The van der Waals surface area contributed by atoms with Gasteiger partial charge in [0.2, 0.25) is 0 Å². The van der Waals surface area contributed by atoms with E-state index in [1.807, 2.05) is 6.92 Å². The fourth-order valence-corrected chi connectivity index (χ4v) is 1.71.